The van der Waals surface area contributed by atoms with Gasteiger partial charge in [-0.25, -0.2) is 0 Å². The predicted molar refractivity (Wildman–Crippen MR) is 120 cm³/mol. The van der Waals surface area contributed by atoms with Crippen LogP contribution in [0.5, 0.6) is 5.75 Å². The Balaban J connectivity index is 1.45. The van der Waals surface area contributed by atoms with Crippen molar-refractivity contribution < 1.29 is 9.84 Å². The van der Waals surface area contributed by atoms with Crippen molar-refractivity contribution in [3.63, 3.8) is 0 Å². The smallest absolute Gasteiger partial charge is 0.118 e. The number of hydrogen-bond acceptors (Lipinski definition) is 4. The molecule has 1 atom stereocenters. The Kier molecular flexibility index (Phi) is 8.75. The van der Waals surface area contributed by atoms with Crippen LogP contribution in [0.4, 0.5) is 0 Å². The van der Waals surface area contributed by atoms with Crippen LogP contribution in [-0.4, -0.2) is 67.4 Å². The Morgan fingerprint density at radius 3 is 2.59 bits per heavy atom. The summed E-state index contributed by atoms with van der Waals surface area (Å²) in [5, 5.41) is 9.52. The third kappa shape index (κ3) is 7.00. The van der Waals surface area contributed by atoms with Crippen LogP contribution in [0.1, 0.15) is 24.0 Å². The SMILES string of the molecule is COc1ccc(C=CCN2CCN(CCCc3ccccc3)C(CCO)C2)cc1. The Hall–Kier alpha value is -2.14. The summed E-state index contributed by atoms with van der Waals surface area (Å²) >= 11 is 0. The molecule has 1 saturated heterocycles. The molecule has 3 rings (SSSR count). The summed E-state index contributed by atoms with van der Waals surface area (Å²) in [7, 11) is 1.69. The van der Waals surface area contributed by atoms with Gasteiger partial charge in [0.05, 0.1) is 7.11 Å². The molecule has 0 aliphatic carbocycles. The molecule has 1 N–H and O–H groups in total. The maximum absolute atomic E-state index is 9.52. The van der Waals surface area contributed by atoms with Crippen LogP contribution < -0.4 is 4.74 Å². The quantitative estimate of drug-likeness (QED) is 0.666. The maximum atomic E-state index is 9.52. The molecule has 4 nitrogen and oxygen atoms in total. The average Bonchev–Trinajstić information content (AvgIpc) is 2.76. The summed E-state index contributed by atoms with van der Waals surface area (Å²) in [5.41, 5.74) is 2.60. The van der Waals surface area contributed by atoms with Crippen LogP contribution in [0.25, 0.3) is 6.08 Å². The van der Waals surface area contributed by atoms with Gasteiger partial charge in [0.2, 0.25) is 0 Å². The number of benzene rings is 2. The van der Waals surface area contributed by atoms with E-state index in [4.69, 9.17) is 4.74 Å². The standard InChI is InChI=1S/C25H34N2O2/c1-29-25-13-11-23(12-14-25)9-5-16-26-18-19-27(24(21-26)15-20-28)17-6-10-22-7-3-2-4-8-22/h2-5,7-9,11-14,24,28H,6,10,15-21H2,1H3. The second-order valence-electron chi connectivity index (χ2n) is 7.73. The summed E-state index contributed by atoms with van der Waals surface area (Å²) in [5.74, 6) is 0.886. The van der Waals surface area contributed by atoms with E-state index in [9.17, 15) is 5.11 Å². The molecule has 1 unspecified atom stereocenters. The molecule has 0 spiro atoms. The topological polar surface area (TPSA) is 35.9 Å². The lowest BCUT2D eigenvalue weighted by Gasteiger charge is -2.41. The third-order valence-electron chi connectivity index (χ3n) is 5.69. The van der Waals surface area contributed by atoms with Crippen molar-refractivity contribution in [2.24, 2.45) is 0 Å². The van der Waals surface area contributed by atoms with Crippen molar-refractivity contribution in [1.82, 2.24) is 9.80 Å². The van der Waals surface area contributed by atoms with E-state index in [2.05, 4.69) is 64.4 Å². The van der Waals surface area contributed by atoms with Crippen LogP contribution in [0.15, 0.2) is 60.7 Å². The number of aliphatic hydroxyl groups excluding tert-OH is 1. The average molecular weight is 395 g/mol. The van der Waals surface area contributed by atoms with E-state index in [0.717, 1.165) is 51.3 Å². The number of hydrogen-bond donors (Lipinski definition) is 1. The van der Waals surface area contributed by atoms with E-state index in [0.29, 0.717) is 6.04 Å². The maximum Gasteiger partial charge on any atom is 0.118 e. The van der Waals surface area contributed by atoms with Gasteiger partial charge in [-0.1, -0.05) is 54.6 Å². The van der Waals surface area contributed by atoms with E-state index < -0.39 is 0 Å². The molecule has 2 aromatic carbocycles. The number of rotatable bonds is 10. The minimum atomic E-state index is 0.259. The van der Waals surface area contributed by atoms with Gasteiger partial charge in [-0.15, -0.1) is 0 Å². The molecule has 1 heterocycles. The van der Waals surface area contributed by atoms with Gasteiger partial charge < -0.3 is 9.84 Å². The lowest BCUT2D eigenvalue weighted by molar-refractivity contribution is 0.0646. The highest BCUT2D eigenvalue weighted by atomic mass is 16.5. The van der Waals surface area contributed by atoms with Gasteiger partial charge in [-0.3, -0.25) is 9.80 Å². The fourth-order valence-corrected chi connectivity index (χ4v) is 4.02. The molecular formula is C25H34N2O2. The Morgan fingerprint density at radius 2 is 1.86 bits per heavy atom. The Bertz CT molecular complexity index is 730. The molecule has 1 aliphatic rings. The van der Waals surface area contributed by atoms with Crippen LogP contribution in [0.3, 0.4) is 0 Å². The lowest BCUT2D eigenvalue weighted by atomic mass is 10.1. The molecule has 156 valence electrons. The zero-order valence-corrected chi connectivity index (χ0v) is 17.5. The monoisotopic (exact) mass is 394 g/mol. The van der Waals surface area contributed by atoms with Gasteiger partial charge in [-0.2, -0.15) is 0 Å². The molecule has 0 radical (unpaired) electrons. The van der Waals surface area contributed by atoms with Crippen LogP contribution in [0, 0.1) is 0 Å². The summed E-state index contributed by atoms with van der Waals surface area (Å²) < 4.78 is 5.21. The van der Waals surface area contributed by atoms with Crippen molar-refractivity contribution in [2.45, 2.75) is 25.3 Å². The minimum absolute atomic E-state index is 0.259. The van der Waals surface area contributed by atoms with Crippen LogP contribution in [-0.2, 0) is 6.42 Å². The number of piperazine rings is 1. The van der Waals surface area contributed by atoms with E-state index >= 15 is 0 Å². The second kappa shape index (κ2) is 11.8. The van der Waals surface area contributed by atoms with Crippen molar-refractivity contribution in [2.75, 3.05) is 46.4 Å². The van der Waals surface area contributed by atoms with Crippen molar-refractivity contribution in [1.29, 1.82) is 0 Å². The number of methoxy groups -OCH3 is 1. The summed E-state index contributed by atoms with van der Waals surface area (Å²) in [6.07, 6.45) is 7.56. The molecule has 1 fully saturated rings. The fraction of sp³-hybridized carbons (Fsp3) is 0.440. The molecule has 2 aromatic rings. The number of nitrogens with zero attached hydrogens (tertiary/aromatic N) is 2. The Labute approximate surface area is 175 Å². The van der Waals surface area contributed by atoms with Crippen LogP contribution >= 0.6 is 0 Å². The van der Waals surface area contributed by atoms with Crippen molar-refractivity contribution >= 4 is 6.08 Å². The first-order valence-electron chi connectivity index (χ1n) is 10.7. The first-order chi connectivity index (χ1) is 14.3. The normalized spacial score (nSPS) is 18.3. The summed E-state index contributed by atoms with van der Waals surface area (Å²) in [4.78, 5) is 5.07. The second-order valence-corrected chi connectivity index (χ2v) is 7.73. The Morgan fingerprint density at radius 1 is 1.07 bits per heavy atom. The lowest BCUT2D eigenvalue weighted by Crippen LogP contribution is -2.53. The molecular weight excluding hydrogens is 360 g/mol. The first kappa shape index (κ1) is 21.6. The highest BCUT2D eigenvalue weighted by Gasteiger charge is 2.25. The van der Waals surface area contributed by atoms with E-state index in [-0.39, 0.29) is 6.61 Å². The minimum Gasteiger partial charge on any atom is -0.497 e. The number of aryl methyl sites for hydroxylation is 1. The van der Waals surface area contributed by atoms with Crippen LogP contribution in [0.2, 0.25) is 0 Å². The van der Waals surface area contributed by atoms with Gasteiger partial charge in [0.25, 0.3) is 0 Å². The molecule has 0 saturated carbocycles. The molecule has 1 aliphatic heterocycles. The highest BCUT2D eigenvalue weighted by molar-refractivity contribution is 5.50. The van der Waals surface area contributed by atoms with Crippen molar-refractivity contribution in [3.8, 4) is 5.75 Å². The molecule has 4 heteroatoms. The van der Waals surface area contributed by atoms with Gasteiger partial charge >= 0.3 is 0 Å². The van der Waals surface area contributed by atoms with Gasteiger partial charge in [0.15, 0.2) is 0 Å². The molecule has 0 bridgehead atoms. The zero-order chi connectivity index (χ0) is 20.3. The number of aliphatic hydroxyl groups is 1. The predicted octanol–water partition coefficient (Wildman–Crippen LogP) is 3.71. The van der Waals surface area contributed by atoms with E-state index in [1.807, 2.05) is 12.1 Å². The summed E-state index contributed by atoms with van der Waals surface area (Å²) in [6.45, 7) is 5.51. The molecule has 0 amide bonds. The molecule has 29 heavy (non-hydrogen) atoms. The van der Waals surface area contributed by atoms with E-state index in [1.54, 1.807) is 7.11 Å². The van der Waals surface area contributed by atoms with Crippen molar-refractivity contribution in [3.05, 3.63) is 71.8 Å². The van der Waals surface area contributed by atoms with E-state index in [1.165, 1.54) is 17.5 Å². The fourth-order valence-electron chi connectivity index (χ4n) is 4.02. The highest BCUT2D eigenvalue weighted by Crippen LogP contribution is 2.16. The summed E-state index contributed by atoms with van der Waals surface area (Å²) in [6, 6.07) is 19.3. The first-order valence-corrected chi connectivity index (χ1v) is 10.7. The zero-order valence-electron chi connectivity index (χ0n) is 17.5. The van der Waals surface area contributed by atoms with Gasteiger partial charge in [0.1, 0.15) is 5.75 Å². The largest absolute Gasteiger partial charge is 0.497 e. The number of ether oxygens (including phenoxy) is 1. The van der Waals surface area contributed by atoms with Gasteiger partial charge in [0, 0.05) is 38.8 Å². The van der Waals surface area contributed by atoms with Gasteiger partial charge in [-0.05, 0) is 49.1 Å². The molecule has 0 aromatic heterocycles. The third-order valence-corrected chi connectivity index (χ3v) is 5.69.